The zero-order valence-corrected chi connectivity index (χ0v) is 14.6. The fourth-order valence-corrected chi connectivity index (χ4v) is 2.87. The van der Waals surface area contributed by atoms with E-state index >= 15 is 0 Å². The average Bonchev–Trinajstić information content (AvgIpc) is 2.45. The maximum absolute atomic E-state index is 4.49. The summed E-state index contributed by atoms with van der Waals surface area (Å²) in [4.78, 5) is 13.2. The minimum atomic E-state index is 0. The van der Waals surface area contributed by atoms with Gasteiger partial charge in [0, 0.05) is 12.2 Å². The van der Waals surface area contributed by atoms with Gasteiger partial charge in [-0.05, 0) is 57.3 Å². The quantitative estimate of drug-likeness (QED) is 0.897. The number of aromatic nitrogens is 3. The van der Waals surface area contributed by atoms with Gasteiger partial charge in [-0.25, -0.2) is 15.0 Å². The third-order valence-electron chi connectivity index (χ3n) is 3.95. The molecule has 3 rings (SSSR count). The average molecular weight is 344 g/mol. The lowest BCUT2D eigenvalue weighted by Crippen LogP contribution is -2.31. The van der Waals surface area contributed by atoms with Crippen molar-refractivity contribution in [3.8, 4) is 0 Å². The van der Waals surface area contributed by atoms with E-state index < -0.39 is 0 Å². The first-order chi connectivity index (χ1) is 9.74. The van der Waals surface area contributed by atoms with Crippen LogP contribution >= 0.6 is 24.8 Å². The molecule has 2 N–H and O–H groups in total. The molecule has 2 aromatic heterocycles. The molecule has 0 bridgehead atoms. The van der Waals surface area contributed by atoms with Crippen LogP contribution in [0.25, 0.3) is 11.0 Å². The highest BCUT2D eigenvalue weighted by atomic mass is 35.5. The van der Waals surface area contributed by atoms with Crippen LogP contribution in [-0.2, 0) is 0 Å². The van der Waals surface area contributed by atoms with Gasteiger partial charge in [-0.1, -0.05) is 0 Å². The van der Waals surface area contributed by atoms with E-state index in [2.05, 4.69) is 38.6 Å². The Kier molecular flexibility index (Phi) is 7.26. The number of hydrogen-bond acceptors (Lipinski definition) is 5. The smallest absolute Gasteiger partial charge is 0.165 e. The maximum atomic E-state index is 4.49. The molecule has 1 aliphatic heterocycles. The van der Waals surface area contributed by atoms with E-state index in [-0.39, 0.29) is 24.8 Å². The van der Waals surface area contributed by atoms with Crippen molar-refractivity contribution < 1.29 is 0 Å². The lowest BCUT2D eigenvalue weighted by atomic mass is 9.98. The van der Waals surface area contributed by atoms with Crippen molar-refractivity contribution in [1.82, 2.24) is 20.3 Å². The van der Waals surface area contributed by atoms with Gasteiger partial charge in [0.1, 0.15) is 12.1 Å². The van der Waals surface area contributed by atoms with Crippen molar-refractivity contribution in [2.24, 2.45) is 5.92 Å². The fourth-order valence-electron chi connectivity index (χ4n) is 2.87. The lowest BCUT2D eigenvalue weighted by molar-refractivity contribution is 0.389. The van der Waals surface area contributed by atoms with E-state index in [0.29, 0.717) is 0 Å². The highest BCUT2D eigenvalue weighted by molar-refractivity contribution is 5.89. The minimum absolute atomic E-state index is 0. The second kappa shape index (κ2) is 8.46. The van der Waals surface area contributed by atoms with E-state index in [1.165, 1.54) is 18.4 Å². The van der Waals surface area contributed by atoms with Crippen LogP contribution in [0.2, 0.25) is 0 Å². The first kappa shape index (κ1) is 18.9. The molecule has 122 valence electrons. The van der Waals surface area contributed by atoms with Crippen LogP contribution in [0.4, 0.5) is 5.82 Å². The normalized spacial score (nSPS) is 15.0. The molecule has 0 saturated carbocycles. The van der Waals surface area contributed by atoms with E-state index in [4.69, 9.17) is 0 Å². The van der Waals surface area contributed by atoms with Crippen LogP contribution in [0.5, 0.6) is 0 Å². The first-order valence-corrected chi connectivity index (χ1v) is 7.27. The van der Waals surface area contributed by atoms with Gasteiger partial charge in [-0.15, -0.1) is 24.8 Å². The number of nitrogens with one attached hydrogen (secondary N) is 2. The van der Waals surface area contributed by atoms with Gasteiger partial charge in [0.2, 0.25) is 0 Å². The number of nitrogens with zero attached hydrogens (tertiary/aromatic N) is 3. The molecule has 0 amide bonds. The van der Waals surface area contributed by atoms with Crippen LogP contribution in [0.15, 0.2) is 12.4 Å². The largest absolute Gasteiger partial charge is 0.369 e. The SMILES string of the molecule is Cc1cc(C)c2c(NCC3CCNCC3)ncnc2n1.Cl.Cl. The van der Waals surface area contributed by atoms with Crippen molar-refractivity contribution in [1.29, 1.82) is 0 Å². The Labute approximate surface area is 143 Å². The van der Waals surface area contributed by atoms with Crippen molar-refractivity contribution in [2.45, 2.75) is 26.7 Å². The third kappa shape index (κ3) is 4.18. The summed E-state index contributed by atoms with van der Waals surface area (Å²) >= 11 is 0. The number of halogens is 2. The highest BCUT2D eigenvalue weighted by Crippen LogP contribution is 2.23. The second-order valence-corrected chi connectivity index (χ2v) is 5.58. The van der Waals surface area contributed by atoms with Gasteiger partial charge in [0.15, 0.2) is 5.65 Å². The number of hydrogen-bond donors (Lipinski definition) is 2. The van der Waals surface area contributed by atoms with Gasteiger partial charge in [0.25, 0.3) is 0 Å². The van der Waals surface area contributed by atoms with Gasteiger partial charge < -0.3 is 10.6 Å². The van der Waals surface area contributed by atoms with Crippen molar-refractivity contribution >= 4 is 41.7 Å². The van der Waals surface area contributed by atoms with Crippen LogP contribution < -0.4 is 10.6 Å². The van der Waals surface area contributed by atoms with Crippen molar-refractivity contribution in [2.75, 3.05) is 25.0 Å². The summed E-state index contributed by atoms with van der Waals surface area (Å²) in [5, 5.41) is 7.94. The summed E-state index contributed by atoms with van der Waals surface area (Å²) < 4.78 is 0. The summed E-state index contributed by atoms with van der Waals surface area (Å²) in [5.74, 6) is 1.64. The number of rotatable bonds is 3. The molecule has 1 aliphatic rings. The number of anilines is 1. The zero-order chi connectivity index (χ0) is 13.9. The Morgan fingerprint density at radius 1 is 1.18 bits per heavy atom. The summed E-state index contributed by atoms with van der Waals surface area (Å²) in [6.45, 7) is 7.31. The molecule has 22 heavy (non-hydrogen) atoms. The van der Waals surface area contributed by atoms with Crippen LogP contribution in [0.1, 0.15) is 24.1 Å². The lowest BCUT2D eigenvalue weighted by Gasteiger charge is -2.23. The molecular weight excluding hydrogens is 321 g/mol. The van der Waals surface area contributed by atoms with E-state index in [1.54, 1.807) is 6.33 Å². The van der Waals surface area contributed by atoms with Crippen LogP contribution in [0.3, 0.4) is 0 Å². The van der Waals surface area contributed by atoms with Gasteiger partial charge >= 0.3 is 0 Å². The Bertz CT molecular complexity index is 614. The zero-order valence-electron chi connectivity index (χ0n) is 12.9. The molecule has 7 heteroatoms. The number of piperidine rings is 1. The molecule has 0 radical (unpaired) electrons. The minimum Gasteiger partial charge on any atom is -0.369 e. The number of aryl methyl sites for hydroxylation is 2. The monoisotopic (exact) mass is 343 g/mol. The topological polar surface area (TPSA) is 62.7 Å². The first-order valence-electron chi connectivity index (χ1n) is 7.27. The predicted octanol–water partition coefficient (Wildman–Crippen LogP) is 2.90. The van der Waals surface area contributed by atoms with Crippen molar-refractivity contribution in [3.05, 3.63) is 23.7 Å². The third-order valence-corrected chi connectivity index (χ3v) is 3.95. The predicted molar refractivity (Wildman–Crippen MR) is 95.4 cm³/mol. The molecule has 3 heterocycles. The summed E-state index contributed by atoms with van der Waals surface area (Å²) in [6.07, 6.45) is 4.05. The Morgan fingerprint density at radius 2 is 1.91 bits per heavy atom. The molecule has 5 nitrogen and oxygen atoms in total. The second-order valence-electron chi connectivity index (χ2n) is 5.58. The maximum Gasteiger partial charge on any atom is 0.165 e. The molecule has 0 atom stereocenters. The van der Waals surface area contributed by atoms with Crippen LogP contribution in [-0.4, -0.2) is 34.6 Å². The highest BCUT2D eigenvalue weighted by Gasteiger charge is 2.14. The van der Waals surface area contributed by atoms with Gasteiger partial charge in [0.05, 0.1) is 5.39 Å². The summed E-state index contributed by atoms with van der Waals surface area (Å²) in [5.41, 5.74) is 2.96. The van der Waals surface area contributed by atoms with E-state index in [1.807, 2.05) is 6.92 Å². The van der Waals surface area contributed by atoms with E-state index in [9.17, 15) is 0 Å². The molecule has 0 spiro atoms. The fraction of sp³-hybridized carbons (Fsp3) is 0.533. The number of fused-ring (bicyclic) bond motifs is 1. The van der Waals surface area contributed by atoms with Crippen LogP contribution in [0, 0.1) is 19.8 Å². The summed E-state index contributed by atoms with van der Waals surface area (Å²) in [6, 6.07) is 2.08. The molecular formula is C15H23Cl2N5. The van der Waals surface area contributed by atoms with E-state index in [0.717, 1.165) is 48.1 Å². The molecule has 1 saturated heterocycles. The Hall–Kier alpha value is -1.17. The Balaban J connectivity index is 0.00000121. The number of pyridine rings is 1. The van der Waals surface area contributed by atoms with Gasteiger partial charge in [-0.2, -0.15) is 0 Å². The molecule has 0 aliphatic carbocycles. The van der Waals surface area contributed by atoms with Crippen molar-refractivity contribution in [3.63, 3.8) is 0 Å². The molecule has 0 aromatic carbocycles. The summed E-state index contributed by atoms with van der Waals surface area (Å²) in [7, 11) is 0. The standard InChI is InChI=1S/C15H21N5.2ClH/c1-10-7-11(2)20-15-13(10)14(18-9-19-15)17-8-12-3-5-16-6-4-12;;/h7,9,12,16H,3-6,8H2,1-2H3,(H,17,18,19,20);2*1H. The van der Waals surface area contributed by atoms with Gasteiger partial charge in [-0.3, -0.25) is 0 Å². The molecule has 1 fully saturated rings. The molecule has 0 unspecified atom stereocenters. The Morgan fingerprint density at radius 3 is 2.64 bits per heavy atom. The molecule has 2 aromatic rings.